The van der Waals surface area contributed by atoms with Crippen LogP contribution in [0.4, 0.5) is 0 Å². The number of hydrogen-bond acceptors (Lipinski definition) is 3. The largest absolute Gasteiger partial charge is 0.186 e. The van der Waals surface area contributed by atoms with Gasteiger partial charge in [0.25, 0.3) is 0 Å². The van der Waals surface area contributed by atoms with E-state index in [4.69, 9.17) is 0 Å². The molecule has 0 aliphatic carbocycles. The molecule has 0 saturated heterocycles. The van der Waals surface area contributed by atoms with Crippen LogP contribution in [0.1, 0.15) is 47.1 Å². The molecule has 0 fully saturated rings. The summed E-state index contributed by atoms with van der Waals surface area (Å²) in [4.78, 5) is 0. The maximum absolute atomic E-state index is 4.52. The van der Waals surface area contributed by atoms with E-state index in [0.29, 0.717) is 0 Å². The normalized spacial score (nSPS) is 14.4. The number of aromatic nitrogens is 1. The lowest BCUT2D eigenvalue weighted by Crippen LogP contribution is -2.12. The predicted octanol–water partition coefficient (Wildman–Crippen LogP) is 4.82. The second-order valence-corrected chi connectivity index (χ2v) is 7.45. The summed E-state index contributed by atoms with van der Waals surface area (Å²) in [7, 11) is 0. The predicted molar refractivity (Wildman–Crippen MR) is 75.5 cm³/mol. The van der Waals surface area contributed by atoms with Gasteiger partial charge < -0.3 is 0 Å². The second kappa shape index (κ2) is 5.54. The lowest BCUT2D eigenvalue weighted by molar-refractivity contribution is 0.464. The first-order valence-corrected chi connectivity index (χ1v) is 7.72. The SMILES string of the molecule is CC(C)C(C)CSc1nscc1C(C)(C)C. The highest BCUT2D eigenvalue weighted by atomic mass is 32.2. The van der Waals surface area contributed by atoms with E-state index in [2.05, 4.69) is 51.3 Å². The van der Waals surface area contributed by atoms with Crippen LogP contribution >= 0.6 is 23.3 Å². The first-order valence-electron chi connectivity index (χ1n) is 5.90. The van der Waals surface area contributed by atoms with Crippen molar-refractivity contribution < 1.29 is 0 Å². The molecule has 1 heterocycles. The fourth-order valence-corrected chi connectivity index (χ4v) is 3.79. The molecule has 1 aromatic heterocycles. The van der Waals surface area contributed by atoms with Gasteiger partial charge in [-0.1, -0.05) is 41.5 Å². The Morgan fingerprint density at radius 1 is 1.31 bits per heavy atom. The number of rotatable bonds is 4. The molecule has 0 saturated carbocycles. The molecule has 1 aromatic rings. The quantitative estimate of drug-likeness (QED) is 0.717. The van der Waals surface area contributed by atoms with Gasteiger partial charge in [-0.25, -0.2) is 0 Å². The standard InChI is InChI=1S/C13H23NS2/c1-9(2)10(3)7-15-12-11(8-16-14-12)13(4,5)6/h8-10H,7H2,1-6H3. The van der Waals surface area contributed by atoms with Crippen LogP contribution in [-0.2, 0) is 5.41 Å². The molecule has 0 N–H and O–H groups in total. The van der Waals surface area contributed by atoms with Gasteiger partial charge in [0.2, 0.25) is 0 Å². The molecule has 1 rings (SSSR count). The van der Waals surface area contributed by atoms with Crippen molar-refractivity contribution in [3.05, 3.63) is 10.9 Å². The summed E-state index contributed by atoms with van der Waals surface area (Å²) >= 11 is 3.50. The molecule has 16 heavy (non-hydrogen) atoms. The molecule has 0 aliphatic heterocycles. The fourth-order valence-electron chi connectivity index (χ4n) is 1.23. The van der Waals surface area contributed by atoms with E-state index < -0.39 is 0 Å². The highest BCUT2D eigenvalue weighted by Crippen LogP contribution is 2.34. The van der Waals surface area contributed by atoms with Crippen LogP contribution in [-0.4, -0.2) is 10.1 Å². The van der Waals surface area contributed by atoms with E-state index in [-0.39, 0.29) is 5.41 Å². The summed E-state index contributed by atoms with van der Waals surface area (Å²) < 4.78 is 4.52. The highest BCUT2D eigenvalue weighted by molar-refractivity contribution is 7.99. The molecule has 3 heteroatoms. The molecule has 0 aromatic carbocycles. The average molecular weight is 257 g/mol. The third-order valence-electron chi connectivity index (χ3n) is 2.97. The second-order valence-electron chi connectivity index (χ2n) is 5.82. The van der Waals surface area contributed by atoms with E-state index in [1.54, 1.807) is 11.5 Å². The fraction of sp³-hybridized carbons (Fsp3) is 0.769. The van der Waals surface area contributed by atoms with Crippen molar-refractivity contribution in [2.45, 2.75) is 52.0 Å². The van der Waals surface area contributed by atoms with E-state index in [1.807, 2.05) is 11.8 Å². The molecule has 0 amide bonds. The van der Waals surface area contributed by atoms with Crippen molar-refractivity contribution in [1.29, 1.82) is 0 Å². The third kappa shape index (κ3) is 3.77. The molecular weight excluding hydrogens is 234 g/mol. The van der Waals surface area contributed by atoms with Crippen LogP contribution in [0.3, 0.4) is 0 Å². The molecule has 1 atom stereocenters. The van der Waals surface area contributed by atoms with Crippen molar-refractivity contribution >= 4 is 23.3 Å². The van der Waals surface area contributed by atoms with Crippen LogP contribution in [0.5, 0.6) is 0 Å². The highest BCUT2D eigenvalue weighted by Gasteiger charge is 2.21. The van der Waals surface area contributed by atoms with Crippen molar-refractivity contribution in [2.75, 3.05) is 5.75 Å². The van der Waals surface area contributed by atoms with Crippen molar-refractivity contribution in [3.8, 4) is 0 Å². The van der Waals surface area contributed by atoms with Gasteiger partial charge in [-0.05, 0) is 28.8 Å². The maximum Gasteiger partial charge on any atom is 0.114 e. The van der Waals surface area contributed by atoms with Crippen LogP contribution in [0.2, 0.25) is 0 Å². The number of thioether (sulfide) groups is 1. The zero-order valence-electron chi connectivity index (χ0n) is 11.2. The van der Waals surface area contributed by atoms with Crippen LogP contribution in [0.25, 0.3) is 0 Å². The topological polar surface area (TPSA) is 12.9 Å². The van der Waals surface area contributed by atoms with Gasteiger partial charge in [-0.3, -0.25) is 0 Å². The first-order chi connectivity index (χ1) is 7.32. The van der Waals surface area contributed by atoms with Gasteiger partial charge >= 0.3 is 0 Å². The average Bonchev–Trinajstić information content (AvgIpc) is 2.60. The first kappa shape index (κ1) is 14.0. The Morgan fingerprint density at radius 2 is 1.94 bits per heavy atom. The van der Waals surface area contributed by atoms with Gasteiger partial charge in [0.15, 0.2) is 0 Å². The van der Waals surface area contributed by atoms with Crippen LogP contribution in [0.15, 0.2) is 10.4 Å². The van der Waals surface area contributed by atoms with Gasteiger partial charge in [0.05, 0.1) is 0 Å². The van der Waals surface area contributed by atoms with Crippen LogP contribution in [0, 0.1) is 11.8 Å². The minimum absolute atomic E-state index is 0.219. The van der Waals surface area contributed by atoms with Crippen molar-refractivity contribution in [3.63, 3.8) is 0 Å². The summed E-state index contributed by atoms with van der Waals surface area (Å²) in [6, 6.07) is 0. The molecule has 0 radical (unpaired) electrons. The van der Waals surface area contributed by atoms with Crippen molar-refractivity contribution in [2.24, 2.45) is 11.8 Å². The Hall–Kier alpha value is -0.0200. The maximum atomic E-state index is 4.52. The third-order valence-corrected chi connectivity index (χ3v) is 4.99. The summed E-state index contributed by atoms with van der Waals surface area (Å²) in [5, 5.41) is 3.44. The molecule has 0 aliphatic rings. The Balaban J connectivity index is 2.65. The van der Waals surface area contributed by atoms with Crippen LogP contribution < -0.4 is 0 Å². The van der Waals surface area contributed by atoms with Gasteiger partial charge in [0, 0.05) is 16.7 Å². The zero-order valence-corrected chi connectivity index (χ0v) is 12.8. The molecule has 0 spiro atoms. The molecule has 0 bridgehead atoms. The minimum atomic E-state index is 0.219. The Kier molecular flexibility index (Phi) is 4.87. The summed E-state index contributed by atoms with van der Waals surface area (Å²) in [6.07, 6.45) is 0. The Bertz CT molecular complexity index is 323. The monoisotopic (exact) mass is 257 g/mol. The summed E-state index contributed by atoms with van der Waals surface area (Å²) in [5.74, 6) is 2.67. The van der Waals surface area contributed by atoms with E-state index >= 15 is 0 Å². The molecule has 1 nitrogen and oxygen atoms in total. The number of hydrogen-bond donors (Lipinski definition) is 0. The lowest BCUT2D eigenvalue weighted by Gasteiger charge is -2.19. The minimum Gasteiger partial charge on any atom is -0.186 e. The van der Waals surface area contributed by atoms with E-state index in [0.717, 1.165) is 11.8 Å². The van der Waals surface area contributed by atoms with Gasteiger partial charge in [0.1, 0.15) is 5.03 Å². The Labute approximate surface area is 108 Å². The van der Waals surface area contributed by atoms with Crippen molar-refractivity contribution in [1.82, 2.24) is 4.37 Å². The van der Waals surface area contributed by atoms with Gasteiger partial charge in [-0.2, -0.15) is 4.37 Å². The molecule has 92 valence electrons. The number of nitrogens with zero attached hydrogens (tertiary/aromatic N) is 1. The van der Waals surface area contributed by atoms with E-state index in [9.17, 15) is 0 Å². The molecular formula is C13H23NS2. The van der Waals surface area contributed by atoms with Gasteiger partial charge in [-0.15, -0.1) is 11.8 Å². The molecule has 1 unspecified atom stereocenters. The zero-order chi connectivity index (χ0) is 12.3. The summed E-state index contributed by atoms with van der Waals surface area (Å²) in [5.41, 5.74) is 1.62. The lowest BCUT2D eigenvalue weighted by atomic mass is 9.90. The Morgan fingerprint density at radius 3 is 2.44 bits per heavy atom. The summed E-state index contributed by atoms with van der Waals surface area (Å²) in [6.45, 7) is 13.7. The smallest absolute Gasteiger partial charge is 0.114 e. The van der Waals surface area contributed by atoms with E-state index in [1.165, 1.54) is 16.3 Å².